The standard InChI is InChI=1S/C14H16N2O3S/c1-8(17)9-5-6-10-11(7-9)20-12(15-10)16-13(18)19-14(2,3)4/h5-7H,1-4H3,(H,15,16,18). The number of nitrogens with one attached hydrogen (secondary N) is 1. The molecule has 20 heavy (non-hydrogen) atoms. The molecular formula is C14H16N2O3S. The van der Waals surface area contributed by atoms with Crippen molar-refractivity contribution in [3.8, 4) is 0 Å². The number of Topliss-reactive ketones (excluding diaryl/α,β-unsaturated/α-hetero) is 1. The maximum Gasteiger partial charge on any atom is 0.413 e. The maximum atomic E-state index is 11.7. The molecule has 2 rings (SSSR count). The van der Waals surface area contributed by atoms with Crippen molar-refractivity contribution >= 4 is 38.6 Å². The number of amides is 1. The number of carbonyl (C=O) groups is 2. The quantitative estimate of drug-likeness (QED) is 0.854. The Balaban J connectivity index is 2.20. The Bertz CT molecular complexity index is 671. The predicted octanol–water partition coefficient (Wildman–Crippen LogP) is 3.85. The largest absolute Gasteiger partial charge is 0.444 e. The summed E-state index contributed by atoms with van der Waals surface area (Å²) in [7, 11) is 0. The molecule has 0 bridgehead atoms. The summed E-state index contributed by atoms with van der Waals surface area (Å²) in [6.45, 7) is 6.90. The van der Waals surface area contributed by atoms with Crippen LogP contribution in [0.2, 0.25) is 0 Å². The highest BCUT2D eigenvalue weighted by molar-refractivity contribution is 7.22. The third-order valence-corrected chi connectivity index (χ3v) is 3.34. The van der Waals surface area contributed by atoms with Crippen LogP contribution in [0.15, 0.2) is 18.2 Å². The Labute approximate surface area is 121 Å². The van der Waals surface area contributed by atoms with Crippen molar-refractivity contribution in [2.75, 3.05) is 5.32 Å². The molecular weight excluding hydrogens is 276 g/mol. The molecule has 0 aliphatic rings. The Hall–Kier alpha value is -1.95. The average molecular weight is 292 g/mol. The van der Waals surface area contributed by atoms with Gasteiger partial charge in [0.15, 0.2) is 10.9 Å². The van der Waals surface area contributed by atoms with Gasteiger partial charge in [0.25, 0.3) is 0 Å². The summed E-state index contributed by atoms with van der Waals surface area (Å²) in [5.41, 5.74) is 0.818. The summed E-state index contributed by atoms with van der Waals surface area (Å²) in [5.74, 6) is 0.00181. The minimum Gasteiger partial charge on any atom is -0.444 e. The summed E-state index contributed by atoms with van der Waals surface area (Å²) < 4.78 is 6.01. The van der Waals surface area contributed by atoms with Gasteiger partial charge < -0.3 is 4.74 Å². The summed E-state index contributed by atoms with van der Waals surface area (Å²) >= 11 is 1.31. The number of ketones is 1. The molecule has 1 aromatic heterocycles. The fourth-order valence-corrected chi connectivity index (χ4v) is 2.48. The molecule has 0 aliphatic heterocycles. The summed E-state index contributed by atoms with van der Waals surface area (Å²) in [5, 5.41) is 3.05. The van der Waals surface area contributed by atoms with E-state index in [0.29, 0.717) is 10.7 Å². The fraction of sp³-hybridized carbons (Fsp3) is 0.357. The van der Waals surface area contributed by atoms with Crippen LogP contribution in [0.3, 0.4) is 0 Å². The van der Waals surface area contributed by atoms with Gasteiger partial charge >= 0.3 is 6.09 Å². The Kier molecular flexibility index (Phi) is 3.76. The molecule has 0 spiro atoms. The molecule has 0 unspecified atom stereocenters. The van der Waals surface area contributed by atoms with E-state index < -0.39 is 11.7 Å². The Morgan fingerprint density at radius 3 is 2.60 bits per heavy atom. The molecule has 6 heteroatoms. The van der Waals surface area contributed by atoms with Crippen molar-refractivity contribution in [3.05, 3.63) is 23.8 Å². The zero-order valence-corrected chi connectivity index (χ0v) is 12.6. The van der Waals surface area contributed by atoms with Gasteiger partial charge in [-0.05, 0) is 45.9 Å². The molecule has 0 radical (unpaired) electrons. The fourth-order valence-electron chi connectivity index (χ4n) is 1.59. The number of thiazole rings is 1. The minimum atomic E-state index is -0.553. The second-order valence-corrected chi connectivity index (χ2v) is 6.42. The molecule has 1 aromatic carbocycles. The number of ether oxygens (including phenoxy) is 1. The number of hydrogen-bond donors (Lipinski definition) is 1. The summed E-state index contributed by atoms with van der Waals surface area (Å²) in [4.78, 5) is 27.3. The van der Waals surface area contributed by atoms with Gasteiger partial charge in [0, 0.05) is 5.56 Å². The first kappa shape index (κ1) is 14.5. The van der Waals surface area contributed by atoms with Crippen LogP contribution < -0.4 is 5.32 Å². The molecule has 0 saturated carbocycles. The molecule has 0 atom stereocenters. The SMILES string of the molecule is CC(=O)c1ccc2nc(NC(=O)OC(C)(C)C)sc2c1. The van der Waals surface area contributed by atoms with Crippen LogP contribution in [0.25, 0.3) is 10.2 Å². The maximum absolute atomic E-state index is 11.7. The topological polar surface area (TPSA) is 68.3 Å². The van der Waals surface area contributed by atoms with Crippen LogP contribution in [-0.2, 0) is 4.74 Å². The van der Waals surface area contributed by atoms with E-state index in [1.54, 1.807) is 39.0 Å². The van der Waals surface area contributed by atoms with E-state index in [-0.39, 0.29) is 5.78 Å². The second-order valence-electron chi connectivity index (χ2n) is 5.38. The molecule has 1 N–H and O–H groups in total. The number of carbonyl (C=O) groups excluding carboxylic acids is 2. The van der Waals surface area contributed by atoms with Gasteiger partial charge in [-0.1, -0.05) is 11.3 Å². The lowest BCUT2D eigenvalue weighted by molar-refractivity contribution is 0.0635. The van der Waals surface area contributed by atoms with Gasteiger partial charge in [-0.15, -0.1) is 0 Å². The Morgan fingerprint density at radius 1 is 1.30 bits per heavy atom. The molecule has 0 fully saturated rings. The van der Waals surface area contributed by atoms with E-state index in [9.17, 15) is 9.59 Å². The number of aromatic nitrogens is 1. The van der Waals surface area contributed by atoms with E-state index in [4.69, 9.17) is 4.74 Å². The molecule has 0 saturated heterocycles. The molecule has 106 valence electrons. The van der Waals surface area contributed by atoms with Crippen LogP contribution in [0.5, 0.6) is 0 Å². The molecule has 5 nitrogen and oxygen atoms in total. The zero-order chi connectivity index (χ0) is 14.9. The van der Waals surface area contributed by atoms with Crippen molar-refractivity contribution in [3.63, 3.8) is 0 Å². The molecule has 2 aromatic rings. The number of benzene rings is 1. The van der Waals surface area contributed by atoms with E-state index in [1.807, 2.05) is 0 Å². The smallest absolute Gasteiger partial charge is 0.413 e. The van der Waals surface area contributed by atoms with E-state index in [2.05, 4.69) is 10.3 Å². The lowest BCUT2D eigenvalue weighted by Crippen LogP contribution is -2.27. The van der Waals surface area contributed by atoms with Crippen LogP contribution in [0, 0.1) is 0 Å². The van der Waals surface area contributed by atoms with Crippen LogP contribution >= 0.6 is 11.3 Å². The first-order chi connectivity index (χ1) is 9.24. The van der Waals surface area contributed by atoms with Crippen molar-refractivity contribution in [2.24, 2.45) is 0 Å². The van der Waals surface area contributed by atoms with E-state index in [1.165, 1.54) is 18.3 Å². The van der Waals surface area contributed by atoms with Gasteiger partial charge in [0.05, 0.1) is 10.2 Å². The Morgan fingerprint density at radius 2 is 2.00 bits per heavy atom. The van der Waals surface area contributed by atoms with Crippen molar-refractivity contribution in [2.45, 2.75) is 33.3 Å². The number of nitrogens with zero attached hydrogens (tertiary/aromatic N) is 1. The van der Waals surface area contributed by atoms with Gasteiger partial charge in [-0.25, -0.2) is 9.78 Å². The number of rotatable bonds is 2. The number of hydrogen-bond acceptors (Lipinski definition) is 5. The second kappa shape index (κ2) is 5.20. The lowest BCUT2D eigenvalue weighted by atomic mass is 10.1. The lowest BCUT2D eigenvalue weighted by Gasteiger charge is -2.18. The van der Waals surface area contributed by atoms with Gasteiger partial charge in [-0.3, -0.25) is 10.1 Å². The third-order valence-electron chi connectivity index (χ3n) is 2.40. The third kappa shape index (κ3) is 3.54. The van der Waals surface area contributed by atoms with Crippen LogP contribution in [0.4, 0.5) is 9.93 Å². The highest BCUT2D eigenvalue weighted by Crippen LogP contribution is 2.27. The van der Waals surface area contributed by atoms with Crippen molar-refractivity contribution in [1.29, 1.82) is 0 Å². The normalized spacial score (nSPS) is 11.4. The number of anilines is 1. The summed E-state index contributed by atoms with van der Waals surface area (Å²) in [6, 6.07) is 5.26. The van der Waals surface area contributed by atoms with E-state index >= 15 is 0 Å². The van der Waals surface area contributed by atoms with Gasteiger partial charge in [0.1, 0.15) is 5.60 Å². The van der Waals surface area contributed by atoms with Crippen molar-refractivity contribution < 1.29 is 14.3 Å². The van der Waals surface area contributed by atoms with Gasteiger partial charge in [0.2, 0.25) is 0 Å². The zero-order valence-electron chi connectivity index (χ0n) is 11.8. The minimum absolute atomic E-state index is 0.00181. The van der Waals surface area contributed by atoms with Crippen LogP contribution in [0.1, 0.15) is 38.1 Å². The first-order valence-electron chi connectivity index (χ1n) is 6.16. The highest BCUT2D eigenvalue weighted by Gasteiger charge is 2.17. The average Bonchev–Trinajstić information content (AvgIpc) is 2.66. The van der Waals surface area contributed by atoms with Crippen molar-refractivity contribution in [1.82, 2.24) is 4.98 Å². The van der Waals surface area contributed by atoms with E-state index in [0.717, 1.165) is 10.2 Å². The molecule has 1 amide bonds. The first-order valence-corrected chi connectivity index (χ1v) is 6.98. The summed E-state index contributed by atoms with van der Waals surface area (Å²) in [6.07, 6.45) is -0.539. The van der Waals surface area contributed by atoms with Gasteiger partial charge in [-0.2, -0.15) is 0 Å². The highest BCUT2D eigenvalue weighted by atomic mass is 32.1. The monoisotopic (exact) mass is 292 g/mol. The molecule has 1 heterocycles. The van der Waals surface area contributed by atoms with Crippen LogP contribution in [-0.4, -0.2) is 22.5 Å². The molecule has 0 aliphatic carbocycles. The predicted molar refractivity (Wildman–Crippen MR) is 79.5 cm³/mol. The number of fused-ring (bicyclic) bond motifs is 1.